The first-order valence-corrected chi connectivity index (χ1v) is 5.73. The lowest BCUT2D eigenvalue weighted by atomic mass is 9.95. The molecule has 0 heterocycles. The number of benzene rings is 1. The van der Waals surface area contributed by atoms with E-state index in [1.807, 2.05) is 0 Å². The van der Waals surface area contributed by atoms with Crippen molar-refractivity contribution in [2.45, 2.75) is 31.7 Å². The van der Waals surface area contributed by atoms with Crippen molar-refractivity contribution in [3.8, 4) is 0 Å². The molecule has 0 amide bonds. The molecule has 1 aromatic carbocycles. The Morgan fingerprint density at radius 1 is 1.00 bits per heavy atom. The maximum Gasteiger partial charge on any atom is 0.0342 e. The van der Waals surface area contributed by atoms with Gasteiger partial charge in [-0.05, 0) is 43.2 Å². The molecular weight excluding hydrogens is 170 g/mol. The van der Waals surface area contributed by atoms with Crippen LogP contribution < -0.4 is 5.32 Å². The Bertz CT molecular complexity index is 306. The highest BCUT2D eigenvalue weighted by Gasteiger charge is 2.39. The van der Waals surface area contributed by atoms with E-state index in [0.29, 0.717) is 0 Å². The minimum absolute atomic E-state index is 0.760. The summed E-state index contributed by atoms with van der Waals surface area (Å²) in [6, 6.07) is 11.4. The van der Waals surface area contributed by atoms with Gasteiger partial charge in [0.15, 0.2) is 0 Å². The van der Waals surface area contributed by atoms with Gasteiger partial charge in [-0.2, -0.15) is 0 Å². The van der Waals surface area contributed by atoms with E-state index in [1.165, 1.54) is 31.4 Å². The van der Waals surface area contributed by atoms with Crippen LogP contribution in [0.1, 0.15) is 25.7 Å². The van der Waals surface area contributed by atoms with Crippen molar-refractivity contribution in [3.05, 3.63) is 30.3 Å². The monoisotopic (exact) mass is 187 g/mol. The van der Waals surface area contributed by atoms with Crippen molar-refractivity contribution in [1.82, 2.24) is 0 Å². The fraction of sp³-hybridized carbons (Fsp3) is 0.538. The normalized spacial score (nSPS) is 34.7. The summed E-state index contributed by atoms with van der Waals surface area (Å²) in [5.41, 5.74) is 1.30. The molecule has 1 aromatic rings. The Labute approximate surface area is 85.5 Å². The summed E-state index contributed by atoms with van der Waals surface area (Å²) >= 11 is 0. The predicted octanol–water partition coefficient (Wildman–Crippen LogP) is 3.29. The molecule has 1 nitrogen and oxygen atoms in total. The summed E-state index contributed by atoms with van der Waals surface area (Å²) in [4.78, 5) is 0. The second kappa shape index (κ2) is 3.30. The molecule has 2 aliphatic carbocycles. The van der Waals surface area contributed by atoms with Crippen LogP contribution in [-0.4, -0.2) is 6.04 Å². The number of para-hydroxylation sites is 1. The number of anilines is 1. The van der Waals surface area contributed by atoms with Gasteiger partial charge in [0, 0.05) is 11.7 Å². The quantitative estimate of drug-likeness (QED) is 0.749. The standard InChI is InChI=1S/C13H17N/c1-2-4-12(5-3-1)14-13-9-10-6-7-11(13)8-10/h1-5,10-11,13-14H,6-9H2/t10?,11?,13-/m0/s1. The van der Waals surface area contributed by atoms with E-state index in [2.05, 4.69) is 35.6 Å². The van der Waals surface area contributed by atoms with Crippen LogP contribution in [0.3, 0.4) is 0 Å². The fourth-order valence-corrected chi connectivity index (χ4v) is 3.17. The zero-order chi connectivity index (χ0) is 9.38. The molecule has 2 bridgehead atoms. The van der Waals surface area contributed by atoms with Gasteiger partial charge in [0.05, 0.1) is 0 Å². The highest BCUT2D eigenvalue weighted by Crippen LogP contribution is 2.45. The zero-order valence-corrected chi connectivity index (χ0v) is 8.45. The highest BCUT2D eigenvalue weighted by molar-refractivity contribution is 5.44. The molecule has 1 N–H and O–H groups in total. The first-order chi connectivity index (χ1) is 6.92. The van der Waals surface area contributed by atoms with Crippen LogP contribution in [0, 0.1) is 11.8 Å². The van der Waals surface area contributed by atoms with Gasteiger partial charge < -0.3 is 5.32 Å². The Hall–Kier alpha value is -0.980. The highest BCUT2D eigenvalue weighted by atomic mass is 14.9. The fourth-order valence-electron chi connectivity index (χ4n) is 3.17. The molecule has 2 saturated carbocycles. The summed E-state index contributed by atoms with van der Waals surface area (Å²) in [7, 11) is 0. The van der Waals surface area contributed by atoms with E-state index in [0.717, 1.165) is 17.9 Å². The lowest BCUT2D eigenvalue weighted by molar-refractivity contribution is 0.440. The average molecular weight is 187 g/mol. The molecule has 0 aliphatic heterocycles. The predicted molar refractivity (Wildman–Crippen MR) is 59.3 cm³/mol. The van der Waals surface area contributed by atoms with Crippen molar-refractivity contribution < 1.29 is 0 Å². The number of fused-ring (bicyclic) bond motifs is 2. The molecular formula is C13H17N. The third-order valence-corrected chi connectivity index (χ3v) is 3.86. The maximum atomic E-state index is 3.67. The van der Waals surface area contributed by atoms with Gasteiger partial charge in [0.1, 0.15) is 0 Å². The number of hydrogen-bond acceptors (Lipinski definition) is 1. The van der Waals surface area contributed by atoms with E-state index in [-0.39, 0.29) is 0 Å². The van der Waals surface area contributed by atoms with Crippen LogP contribution in [0.5, 0.6) is 0 Å². The van der Waals surface area contributed by atoms with Crippen molar-refractivity contribution >= 4 is 5.69 Å². The van der Waals surface area contributed by atoms with Gasteiger partial charge in [-0.1, -0.05) is 24.6 Å². The summed E-state index contributed by atoms with van der Waals surface area (Å²) in [6.07, 6.45) is 5.82. The third kappa shape index (κ3) is 1.41. The smallest absolute Gasteiger partial charge is 0.0342 e. The summed E-state index contributed by atoms with van der Waals surface area (Å²) in [6.45, 7) is 0. The van der Waals surface area contributed by atoms with Crippen LogP contribution >= 0.6 is 0 Å². The largest absolute Gasteiger partial charge is 0.382 e. The van der Waals surface area contributed by atoms with Crippen LogP contribution in [-0.2, 0) is 0 Å². The zero-order valence-electron chi connectivity index (χ0n) is 8.45. The van der Waals surface area contributed by atoms with E-state index in [1.54, 1.807) is 0 Å². The number of hydrogen-bond donors (Lipinski definition) is 1. The molecule has 14 heavy (non-hydrogen) atoms. The van der Waals surface area contributed by atoms with Gasteiger partial charge in [-0.25, -0.2) is 0 Å². The summed E-state index contributed by atoms with van der Waals surface area (Å²) in [5.74, 6) is 1.99. The molecule has 0 spiro atoms. The van der Waals surface area contributed by atoms with Gasteiger partial charge in [-0.15, -0.1) is 0 Å². The van der Waals surface area contributed by atoms with Crippen molar-refractivity contribution in [1.29, 1.82) is 0 Å². The molecule has 0 aromatic heterocycles. The minimum Gasteiger partial charge on any atom is -0.382 e. The lowest BCUT2D eigenvalue weighted by Crippen LogP contribution is -2.25. The SMILES string of the molecule is c1ccc(N[C@H]2CC3CCC2C3)cc1. The van der Waals surface area contributed by atoms with Gasteiger partial charge in [-0.3, -0.25) is 0 Å². The molecule has 0 saturated heterocycles. The molecule has 74 valence electrons. The van der Waals surface area contributed by atoms with E-state index in [9.17, 15) is 0 Å². The number of rotatable bonds is 2. The topological polar surface area (TPSA) is 12.0 Å². The molecule has 2 unspecified atom stereocenters. The summed E-state index contributed by atoms with van der Waals surface area (Å²) < 4.78 is 0. The lowest BCUT2D eigenvalue weighted by Gasteiger charge is -2.23. The third-order valence-electron chi connectivity index (χ3n) is 3.86. The van der Waals surface area contributed by atoms with Crippen molar-refractivity contribution in [2.75, 3.05) is 5.32 Å². The van der Waals surface area contributed by atoms with E-state index in [4.69, 9.17) is 0 Å². The van der Waals surface area contributed by atoms with E-state index < -0.39 is 0 Å². The maximum absolute atomic E-state index is 3.67. The second-order valence-corrected chi connectivity index (χ2v) is 4.79. The first-order valence-electron chi connectivity index (χ1n) is 5.73. The number of nitrogens with one attached hydrogen (secondary N) is 1. The molecule has 3 atom stereocenters. The Morgan fingerprint density at radius 3 is 2.50 bits per heavy atom. The van der Waals surface area contributed by atoms with Gasteiger partial charge in [0.2, 0.25) is 0 Å². The van der Waals surface area contributed by atoms with E-state index >= 15 is 0 Å². The van der Waals surface area contributed by atoms with Crippen molar-refractivity contribution in [3.63, 3.8) is 0 Å². The van der Waals surface area contributed by atoms with Crippen LogP contribution in [0.2, 0.25) is 0 Å². The van der Waals surface area contributed by atoms with Gasteiger partial charge in [0.25, 0.3) is 0 Å². The Kier molecular flexibility index (Phi) is 1.97. The van der Waals surface area contributed by atoms with Crippen LogP contribution in [0.15, 0.2) is 30.3 Å². The second-order valence-electron chi connectivity index (χ2n) is 4.79. The summed E-state index contributed by atoms with van der Waals surface area (Å²) in [5, 5.41) is 3.67. The van der Waals surface area contributed by atoms with Gasteiger partial charge >= 0.3 is 0 Å². The molecule has 3 rings (SSSR count). The van der Waals surface area contributed by atoms with Crippen LogP contribution in [0.4, 0.5) is 5.69 Å². The van der Waals surface area contributed by atoms with Crippen LogP contribution in [0.25, 0.3) is 0 Å². The molecule has 2 aliphatic rings. The minimum atomic E-state index is 0.760. The first kappa shape index (κ1) is 8.34. The molecule has 0 radical (unpaired) electrons. The van der Waals surface area contributed by atoms with Crippen molar-refractivity contribution in [2.24, 2.45) is 11.8 Å². The Morgan fingerprint density at radius 2 is 1.86 bits per heavy atom. The molecule has 2 fully saturated rings. The average Bonchev–Trinajstić information content (AvgIpc) is 2.81. The Balaban J connectivity index is 1.69. The molecule has 1 heteroatoms.